The first kappa shape index (κ1) is 11.2. The quantitative estimate of drug-likeness (QED) is 0.749. The van der Waals surface area contributed by atoms with Crippen LogP contribution in [0, 0.1) is 0 Å². The number of hydrogen-bond donors (Lipinski definition) is 2. The molecule has 0 spiro atoms. The molecular weight excluding hydrogens is 251 g/mol. The molecule has 2 amide bonds. The van der Waals surface area contributed by atoms with Crippen molar-refractivity contribution < 1.29 is 9.59 Å². The van der Waals surface area contributed by atoms with E-state index in [4.69, 9.17) is 23.2 Å². The van der Waals surface area contributed by atoms with Gasteiger partial charge in [-0.1, -0.05) is 23.2 Å². The van der Waals surface area contributed by atoms with Gasteiger partial charge in [-0.3, -0.25) is 9.59 Å². The molecule has 1 aliphatic heterocycles. The number of benzene rings is 1. The molecule has 2 rings (SSSR count). The highest BCUT2D eigenvalue weighted by Crippen LogP contribution is 2.30. The van der Waals surface area contributed by atoms with Crippen LogP contribution in [0.15, 0.2) is 12.1 Å². The molecule has 1 aromatic carbocycles. The second-order valence-electron chi connectivity index (χ2n) is 3.50. The van der Waals surface area contributed by atoms with Gasteiger partial charge in [0.05, 0.1) is 21.3 Å². The fraction of sp³-hybridized carbons (Fsp3) is 0.200. The Labute approximate surface area is 102 Å². The summed E-state index contributed by atoms with van der Waals surface area (Å²) in [6.07, 6.45) is 0. The topological polar surface area (TPSA) is 58.2 Å². The number of hydrogen-bond acceptors (Lipinski definition) is 2. The summed E-state index contributed by atoms with van der Waals surface area (Å²) in [6, 6.07) is 2.32. The van der Waals surface area contributed by atoms with Gasteiger partial charge >= 0.3 is 0 Å². The van der Waals surface area contributed by atoms with Crippen LogP contribution in [0.5, 0.6) is 0 Å². The molecule has 6 heteroatoms. The highest BCUT2D eigenvalue weighted by molar-refractivity contribution is 6.42. The molecule has 0 saturated heterocycles. The fourth-order valence-corrected chi connectivity index (χ4v) is 1.75. The van der Waals surface area contributed by atoms with Gasteiger partial charge in [-0.25, -0.2) is 0 Å². The van der Waals surface area contributed by atoms with Crippen molar-refractivity contribution in [3.8, 4) is 0 Å². The Balaban J connectivity index is 2.56. The maximum absolute atomic E-state index is 11.7. The van der Waals surface area contributed by atoms with Gasteiger partial charge in [-0.15, -0.1) is 0 Å². The van der Waals surface area contributed by atoms with Crippen LogP contribution in [-0.4, -0.2) is 17.9 Å². The summed E-state index contributed by atoms with van der Waals surface area (Å²) in [5.74, 6) is -0.634. The maximum atomic E-state index is 11.7. The lowest BCUT2D eigenvalue weighted by Gasteiger charge is -2.07. The number of carbonyl (C=O) groups excluding carboxylic acids is 2. The van der Waals surface area contributed by atoms with E-state index in [0.29, 0.717) is 16.3 Å². The van der Waals surface area contributed by atoms with Gasteiger partial charge < -0.3 is 10.6 Å². The highest BCUT2D eigenvalue weighted by Gasteiger charge is 2.25. The van der Waals surface area contributed by atoms with Crippen molar-refractivity contribution in [2.45, 2.75) is 13.0 Å². The van der Waals surface area contributed by atoms with Crippen LogP contribution >= 0.6 is 23.2 Å². The zero-order valence-corrected chi connectivity index (χ0v) is 9.82. The van der Waals surface area contributed by atoms with Crippen LogP contribution in [0.1, 0.15) is 17.3 Å². The highest BCUT2D eigenvalue weighted by atomic mass is 35.5. The minimum atomic E-state index is -0.586. The van der Waals surface area contributed by atoms with E-state index in [-0.39, 0.29) is 16.8 Å². The Hall–Kier alpha value is -1.26. The third-order valence-electron chi connectivity index (χ3n) is 2.30. The minimum absolute atomic E-state index is 0.277. The summed E-state index contributed by atoms with van der Waals surface area (Å²) in [4.78, 5) is 23.2. The van der Waals surface area contributed by atoms with Crippen molar-refractivity contribution in [3.05, 3.63) is 27.7 Å². The maximum Gasteiger partial charge on any atom is 0.254 e. The van der Waals surface area contributed by atoms with E-state index in [9.17, 15) is 9.59 Å². The Morgan fingerprint density at radius 3 is 2.50 bits per heavy atom. The standard InChI is InChI=1S/C10H8Cl2N2O2/c1-4-9(15)14-8-3-7(12)6(11)2-5(8)10(16)13-4/h2-4H,1H3,(H,13,16)(H,14,15)/t4-/m0/s1. The average Bonchev–Trinajstić information content (AvgIpc) is 2.30. The van der Waals surface area contributed by atoms with Gasteiger partial charge in [-0.2, -0.15) is 0 Å². The summed E-state index contributed by atoms with van der Waals surface area (Å²) in [6.45, 7) is 1.60. The molecule has 0 fully saturated rings. The number of carbonyl (C=O) groups is 2. The van der Waals surface area contributed by atoms with Crippen molar-refractivity contribution >= 4 is 40.7 Å². The molecule has 0 aromatic heterocycles. The number of amides is 2. The molecule has 1 atom stereocenters. The first-order chi connectivity index (χ1) is 7.49. The molecule has 4 nitrogen and oxygen atoms in total. The average molecular weight is 259 g/mol. The van der Waals surface area contributed by atoms with Gasteiger partial charge in [0.25, 0.3) is 5.91 Å². The molecule has 84 valence electrons. The summed E-state index contributed by atoms with van der Waals surface area (Å²) in [7, 11) is 0. The molecule has 2 N–H and O–H groups in total. The lowest BCUT2D eigenvalue weighted by molar-refractivity contribution is -0.117. The van der Waals surface area contributed by atoms with Crippen LogP contribution in [0.4, 0.5) is 5.69 Å². The lowest BCUT2D eigenvalue weighted by atomic mass is 10.1. The van der Waals surface area contributed by atoms with E-state index in [2.05, 4.69) is 10.6 Å². The SMILES string of the molecule is C[C@@H]1NC(=O)c2cc(Cl)c(Cl)cc2NC1=O. The zero-order valence-electron chi connectivity index (χ0n) is 8.30. The summed E-state index contributed by atoms with van der Waals surface area (Å²) >= 11 is 11.6. The molecule has 16 heavy (non-hydrogen) atoms. The van der Waals surface area contributed by atoms with Crippen LogP contribution in [0.3, 0.4) is 0 Å². The molecule has 1 heterocycles. The number of halogens is 2. The van der Waals surface area contributed by atoms with Crippen molar-refractivity contribution in [1.29, 1.82) is 0 Å². The minimum Gasteiger partial charge on any atom is -0.340 e. The Kier molecular flexibility index (Phi) is 2.78. The van der Waals surface area contributed by atoms with E-state index in [1.54, 1.807) is 6.92 Å². The van der Waals surface area contributed by atoms with Gasteiger partial charge in [0.2, 0.25) is 5.91 Å². The van der Waals surface area contributed by atoms with Gasteiger partial charge in [0.1, 0.15) is 6.04 Å². The van der Waals surface area contributed by atoms with E-state index >= 15 is 0 Å². The monoisotopic (exact) mass is 258 g/mol. The fourth-order valence-electron chi connectivity index (χ4n) is 1.42. The van der Waals surface area contributed by atoms with E-state index in [1.165, 1.54) is 12.1 Å². The first-order valence-electron chi connectivity index (χ1n) is 4.60. The number of nitrogens with one attached hydrogen (secondary N) is 2. The second-order valence-corrected chi connectivity index (χ2v) is 4.31. The number of anilines is 1. The van der Waals surface area contributed by atoms with E-state index in [0.717, 1.165) is 0 Å². The first-order valence-corrected chi connectivity index (χ1v) is 5.35. The lowest BCUT2D eigenvalue weighted by Crippen LogP contribution is -2.38. The zero-order chi connectivity index (χ0) is 11.9. The molecular formula is C10H8Cl2N2O2. The predicted molar refractivity (Wildman–Crippen MR) is 62.0 cm³/mol. The Morgan fingerprint density at radius 1 is 1.19 bits per heavy atom. The molecule has 0 radical (unpaired) electrons. The van der Waals surface area contributed by atoms with Gasteiger partial charge in [-0.05, 0) is 19.1 Å². The van der Waals surface area contributed by atoms with Crippen molar-refractivity contribution in [2.24, 2.45) is 0 Å². The van der Waals surface area contributed by atoms with Crippen molar-refractivity contribution in [1.82, 2.24) is 5.32 Å². The number of rotatable bonds is 0. The van der Waals surface area contributed by atoms with E-state index < -0.39 is 6.04 Å². The summed E-state index contributed by atoms with van der Waals surface area (Å²) in [5, 5.41) is 5.72. The Morgan fingerprint density at radius 2 is 1.81 bits per heavy atom. The van der Waals surface area contributed by atoms with Gasteiger partial charge in [0.15, 0.2) is 0 Å². The molecule has 1 aliphatic rings. The van der Waals surface area contributed by atoms with E-state index in [1.807, 2.05) is 0 Å². The third-order valence-corrected chi connectivity index (χ3v) is 3.03. The van der Waals surface area contributed by atoms with Crippen LogP contribution < -0.4 is 10.6 Å². The largest absolute Gasteiger partial charge is 0.340 e. The summed E-state index contributed by atoms with van der Waals surface area (Å²) < 4.78 is 0. The normalized spacial score (nSPS) is 19.6. The van der Waals surface area contributed by atoms with Crippen LogP contribution in [0.2, 0.25) is 10.0 Å². The molecule has 0 unspecified atom stereocenters. The van der Waals surface area contributed by atoms with Crippen LogP contribution in [-0.2, 0) is 4.79 Å². The van der Waals surface area contributed by atoms with Crippen molar-refractivity contribution in [2.75, 3.05) is 5.32 Å². The summed E-state index contributed by atoms with van der Waals surface area (Å²) in [5.41, 5.74) is 0.688. The molecule has 0 bridgehead atoms. The molecule has 1 aromatic rings. The van der Waals surface area contributed by atoms with Crippen LogP contribution in [0.25, 0.3) is 0 Å². The predicted octanol–water partition coefficient (Wildman–Crippen LogP) is 2.06. The third kappa shape index (κ3) is 1.86. The molecule has 0 saturated carbocycles. The number of fused-ring (bicyclic) bond motifs is 1. The van der Waals surface area contributed by atoms with Crippen molar-refractivity contribution in [3.63, 3.8) is 0 Å². The Bertz CT molecular complexity index is 488. The second kappa shape index (κ2) is 3.96. The van der Waals surface area contributed by atoms with Gasteiger partial charge in [0, 0.05) is 0 Å². The smallest absolute Gasteiger partial charge is 0.254 e. The molecule has 0 aliphatic carbocycles.